The topological polar surface area (TPSA) is 29.1 Å². The maximum atomic E-state index is 12.8. The molecule has 1 N–H and O–H groups in total. The lowest BCUT2D eigenvalue weighted by Gasteiger charge is -2.15. The predicted molar refractivity (Wildman–Crippen MR) is 80.2 cm³/mol. The Morgan fingerprint density at radius 3 is 1.92 bits per heavy atom. The van der Waals surface area contributed by atoms with Crippen molar-refractivity contribution in [3.05, 3.63) is 64.7 Å². The smallest absolute Gasteiger partial charge is 0.322 e. The van der Waals surface area contributed by atoms with Crippen LogP contribution < -0.4 is 5.32 Å². The van der Waals surface area contributed by atoms with Gasteiger partial charge in [-0.15, -0.1) is 0 Å². The van der Waals surface area contributed by atoms with Gasteiger partial charge in [-0.2, -0.15) is 26.3 Å². The zero-order chi connectivity index (χ0) is 18.8. The third-order valence-electron chi connectivity index (χ3n) is 3.50. The third-order valence-corrected chi connectivity index (χ3v) is 3.50. The van der Waals surface area contributed by atoms with E-state index in [1.807, 2.05) is 0 Å². The quantitative estimate of drug-likeness (QED) is 0.715. The second kappa shape index (κ2) is 6.78. The molecule has 1 amide bonds. The second-order valence-electron chi connectivity index (χ2n) is 5.26. The van der Waals surface area contributed by atoms with Crippen LogP contribution in [-0.4, -0.2) is 5.91 Å². The number of hydrogen-bond acceptors (Lipinski definition) is 1. The normalized spacial score (nSPS) is 12.1. The Morgan fingerprint density at radius 1 is 0.920 bits per heavy atom. The summed E-state index contributed by atoms with van der Waals surface area (Å²) in [6.45, 7) is 1.80. The van der Waals surface area contributed by atoms with Crippen LogP contribution in [0.5, 0.6) is 0 Å². The lowest BCUT2D eigenvalue weighted by atomic mass is 10.0. The van der Waals surface area contributed by atoms with Crippen LogP contribution >= 0.6 is 0 Å². The van der Waals surface area contributed by atoms with Gasteiger partial charge in [0.15, 0.2) is 0 Å². The van der Waals surface area contributed by atoms with E-state index in [0.29, 0.717) is 29.8 Å². The van der Waals surface area contributed by atoms with Crippen LogP contribution in [0.25, 0.3) is 0 Å². The first-order valence-corrected chi connectivity index (χ1v) is 7.21. The molecule has 0 aliphatic carbocycles. The van der Waals surface area contributed by atoms with Crippen molar-refractivity contribution in [2.45, 2.75) is 25.7 Å². The molecule has 2 rings (SSSR count). The maximum absolute atomic E-state index is 12.8. The number of rotatable bonds is 3. The van der Waals surface area contributed by atoms with E-state index >= 15 is 0 Å². The van der Waals surface area contributed by atoms with Crippen LogP contribution in [0.2, 0.25) is 0 Å². The van der Waals surface area contributed by atoms with Gasteiger partial charge in [-0.3, -0.25) is 4.79 Å². The number of benzene rings is 2. The van der Waals surface area contributed by atoms with Gasteiger partial charge in [0.2, 0.25) is 0 Å². The molecule has 0 aromatic heterocycles. The van der Waals surface area contributed by atoms with Crippen LogP contribution in [0.1, 0.15) is 34.0 Å². The summed E-state index contributed by atoms with van der Waals surface area (Å²) in [7, 11) is 0. The minimum absolute atomic E-state index is 0.0171. The van der Waals surface area contributed by atoms with Gasteiger partial charge in [0, 0.05) is 11.3 Å². The fraction of sp³-hybridized carbons (Fsp3) is 0.235. The molecule has 2 nitrogen and oxygen atoms in total. The van der Waals surface area contributed by atoms with Crippen molar-refractivity contribution in [1.82, 2.24) is 0 Å². The van der Waals surface area contributed by atoms with Gasteiger partial charge in [-0.1, -0.05) is 25.1 Å². The van der Waals surface area contributed by atoms with E-state index in [2.05, 4.69) is 5.32 Å². The number of nitrogens with one attached hydrogen (secondary N) is 1. The van der Waals surface area contributed by atoms with Crippen molar-refractivity contribution in [1.29, 1.82) is 0 Å². The Morgan fingerprint density at radius 2 is 1.44 bits per heavy atom. The standard InChI is InChI=1S/C17H13F6NO/c1-2-10-5-3-4-6-14(10)24-15(25)11-7-12(16(18,19)20)9-13(8-11)17(21,22)23/h3-9H,2H2,1H3,(H,24,25). The van der Waals surface area contributed by atoms with E-state index in [1.165, 1.54) is 6.07 Å². The van der Waals surface area contributed by atoms with Crippen LogP contribution in [0.4, 0.5) is 32.0 Å². The third kappa shape index (κ3) is 4.52. The SMILES string of the molecule is CCc1ccccc1NC(=O)c1cc(C(F)(F)F)cc(C(F)(F)F)c1. The highest BCUT2D eigenvalue weighted by atomic mass is 19.4. The van der Waals surface area contributed by atoms with Gasteiger partial charge in [0.25, 0.3) is 5.91 Å². The first kappa shape index (κ1) is 18.8. The van der Waals surface area contributed by atoms with E-state index in [-0.39, 0.29) is 6.07 Å². The highest BCUT2D eigenvalue weighted by Crippen LogP contribution is 2.36. The number of amides is 1. The Balaban J connectivity index is 2.45. The van der Waals surface area contributed by atoms with Crippen molar-refractivity contribution >= 4 is 11.6 Å². The molecule has 0 radical (unpaired) electrons. The molecule has 8 heteroatoms. The lowest BCUT2D eigenvalue weighted by molar-refractivity contribution is -0.143. The van der Waals surface area contributed by atoms with Crippen molar-refractivity contribution in [2.24, 2.45) is 0 Å². The molecule has 0 saturated carbocycles. The van der Waals surface area contributed by atoms with Crippen LogP contribution in [0.3, 0.4) is 0 Å². The first-order chi connectivity index (χ1) is 11.5. The van der Waals surface area contributed by atoms with Crippen molar-refractivity contribution in [3.63, 3.8) is 0 Å². The zero-order valence-corrected chi connectivity index (χ0v) is 12.9. The Labute approximate surface area is 139 Å². The molecule has 0 aliphatic rings. The Bertz CT molecular complexity index is 747. The number of carbonyl (C=O) groups is 1. The van der Waals surface area contributed by atoms with Gasteiger partial charge in [0.05, 0.1) is 11.1 Å². The molecule has 25 heavy (non-hydrogen) atoms. The molecule has 2 aromatic carbocycles. The van der Waals surface area contributed by atoms with Gasteiger partial charge in [-0.05, 0) is 36.2 Å². The molecule has 0 fully saturated rings. The molecule has 134 valence electrons. The summed E-state index contributed by atoms with van der Waals surface area (Å²) in [5.41, 5.74) is -2.74. The summed E-state index contributed by atoms with van der Waals surface area (Å²) < 4.78 is 77.1. The summed E-state index contributed by atoms with van der Waals surface area (Å²) in [6, 6.07) is 7.31. The molecule has 0 atom stereocenters. The number of aryl methyl sites for hydroxylation is 1. The number of alkyl halides is 6. The van der Waals surface area contributed by atoms with Crippen LogP contribution in [0.15, 0.2) is 42.5 Å². The number of hydrogen-bond donors (Lipinski definition) is 1. The summed E-state index contributed by atoms with van der Waals surface area (Å²) >= 11 is 0. The lowest BCUT2D eigenvalue weighted by Crippen LogP contribution is -2.17. The van der Waals surface area contributed by atoms with Crippen molar-refractivity contribution < 1.29 is 31.1 Å². The highest BCUT2D eigenvalue weighted by Gasteiger charge is 2.37. The van der Waals surface area contributed by atoms with E-state index in [9.17, 15) is 31.1 Å². The molecular formula is C17H13F6NO. The van der Waals surface area contributed by atoms with Gasteiger partial charge < -0.3 is 5.32 Å². The second-order valence-corrected chi connectivity index (χ2v) is 5.26. The van der Waals surface area contributed by atoms with Crippen LogP contribution in [0, 0.1) is 0 Å². The molecule has 0 aliphatic heterocycles. The molecule has 0 saturated heterocycles. The molecule has 0 heterocycles. The first-order valence-electron chi connectivity index (χ1n) is 7.21. The minimum Gasteiger partial charge on any atom is -0.322 e. The van der Waals surface area contributed by atoms with Gasteiger partial charge in [0.1, 0.15) is 0 Å². The average Bonchev–Trinajstić information content (AvgIpc) is 2.53. The number of carbonyl (C=O) groups excluding carboxylic acids is 1. The van der Waals surface area contributed by atoms with E-state index < -0.39 is 35.0 Å². The average molecular weight is 361 g/mol. The Hall–Kier alpha value is -2.51. The van der Waals surface area contributed by atoms with Crippen molar-refractivity contribution in [2.75, 3.05) is 5.32 Å². The fourth-order valence-corrected chi connectivity index (χ4v) is 2.23. The number of anilines is 1. The maximum Gasteiger partial charge on any atom is 0.416 e. The highest BCUT2D eigenvalue weighted by molar-refractivity contribution is 6.05. The summed E-state index contributed by atoms with van der Waals surface area (Å²) in [5.74, 6) is -1.04. The summed E-state index contributed by atoms with van der Waals surface area (Å²) in [5, 5.41) is 2.36. The minimum atomic E-state index is -5.00. The molecule has 2 aromatic rings. The van der Waals surface area contributed by atoms with E-state index in [4.69, 9.17) is 0 Å². The summed E-state index contributed by atoms with van der Waals surface area (Å²) in [6.07, 6.45) is -9.47. The summed E-state index contributed by atoms with van der Waals surface area (Å²) in [4.78, 5) is 12.2. The van der Waals surface area contributed by atoms with E-state index in [1.54, 1.807) is 25.1 Å². The fourth-order valence-electron chi connectivity index (χ4n) is 2.23. The van der Waals surface area contributed by atoms with Gasteiger partial charge >= 0.3 is 12.4 Å². The predicted octanol–water partition coefficient (Wildman–Crippen LogP) is 5.54. The molecule has 0 unspecified atom stereocenters. The molecular weight excluding hydrogens is 348 g/mol. The number of halogens is 6. The van der Waals surface area contributed by atoms with E-state index in [0.717, 1.165) is 0 Å². The van der Waals surface area contributed by atoms with Crippen molar-refractivity contribution in [3.8, 4) is 0 Å². The van der Waals surface area contributed by atoms with Crippen LogP contribution in [-0.2, 0) is 18.8 Å². The monoisotopic (exact) mass is 361 g/mol. The molecule has 0 bridgehead atoms. The largest absolute Gasteiger partial charge is 0.416 e. The zero-order valence-electron chi connectivity index (χ0n) is 12.9. The molecule has 0 spiro atoms. The Kier molecular flexibility index (Phi) is 5.10. The van der Waals surface area contributed by atoms with Gasteiger partial charge in [-0.25, -0.2) is 0 Å². The number of para-hydroxylation sites is 1.